The van der Waals surface area contributed by atoms with Crippen LogP contribution in [-0.4, -0.2) is 37.7 Å². The summed E-state index contributed by atoms with van der Waals surface area (Å²) in [5.41, 5.74) is 5.38. The number of benzene rings is 3. The van der Waals surface area contributed by atoms with E-state index < -0.39 is 11.8 Å². The van der Waals surface area contributed by atoms with E-state index in [9.17, 15) is 14.4 Å². The Morgan fingerprint density at radius 2 is 1.65 bits per heavy atom. The van der Waals surface area contributed by atoms with Crippen molar-refractivity contribution < 1.29 is 23.9 Å². The predicted octanol–water partition coefficient (Wildman–Crippen LogP) is 3.70. The van der Waals surface area contributed by atoms with Crippen molar-refractivity contribution in [1.29, 1.82) is 0 Å². The molecule has 0 aliphatic rings. The van der Waals surface area contributed by atoms with Gasteiger partial charge in [-0.25, -0.2) is 5.43 Å². The standard InChI is InChI=1S/C27H27ClN4O5/c1-3-18-4-9-21(10-5-18)31-25(33)17-37-24-13-8-20(14-23(24)28)16-30-32-27(35)26(34)29-15-19-6-11-22(36-2)12-7-19/h4-14,16H,3,15,17H2,1-2H3,(H,29,34)(H,31,33)(H,32,35)/b30-16-. The average Bonchev–Trinajstić information content (AvgIpc) is 2.91. The van der Waals surface area contributed by atoms with Crippen LogP contribution < -0.4 is 25.5 Å². The van der Waals surface area contributed by atoms with Crippen LogP contribution in [0.1, 0.15) is 23.6 Å². The molecule has 3 N–H and O–H groups in total. The van der Waals surface area contributed by atoms with Gasteiger partial charge in [-0.2, -0.15) is 5.10 Å². The number of halogens is 1. The van der Waals surface area contributed by atoms with Crippen LogP contribution in [0.3, 0.4) is 0 Å². The van der Waals surface area contributed by atoms with E-state index in [1.807, 2.05) is 24.3 Å². The number of ether oxygens (including phenoxy) is 2. The van der Waals surface area contributed by atoms with Gasteiger partial charge in [0, 0.05) is 12.2 Å². The first-order chi connectivity index (χ1) is 17.9. The molecular weight excluding hydrogens is 496 g/mol. The van der Waals surface area contributed by atoms with Gasteiger partial charge in [-0.05, 0) is 65.6 Å². The summed E-state index contributed by atoms with van der Waals surface area (Å²) in [6.07, 6.45) is 2.25. The lowest BCUT2D eigenvalue weighted by atomic mass is 10.1. The highest BCUT2D eigenvalue weighted by Crippen LogP contribution is 2.25. The molecule has 3 aromatic carbocycles. The fourth-order valence-corrected chi connectivity index (χ4v) is 3.34. The van der Waals surface area contributed by atoms with Crippen LogP contribution in [0.2, 0.25) is 5.02 Å². The Balaban J connectivity index is 1.43. The van der Waals surface area contributed by atoms with Gasteiger partial charge in [0.1, 0.15) is 11.5 Å². The monoisotopic (exact) mass is 522 g/mol. The molecule has 37 heavy (non-hydrogen) atoms. The molecule has 0 saturated heterocycles. The molecule has 0 fully saturated rings. The van der Waals surface area contributed by atoms with Crippen molar-refractivity contribution in [2.24, 2.45) is 5.10 Å². The van der Waals surface area contributed by atoms with Crippen molar-refractivity contribution >= 4 is 41.2 Å². The van der Waals surface area contributed by atoms with E-state index in [1.165, 1.54) is 11.8 Å². The summed E-state index contributed by atoms with van der Waals surface area (Å²) in [4.78, 5) is 36.1. The molecule has 10 heteroatoms. The minimum atomic E-state index is -0.911. The quantitative estimate of drug-likeness (QED) is 0.213. The molecule has 0 aromatic heterocycles. The van der Waals surface area contributed by atoms with Gasteiger partial charge in [-0.3, -0.25) is 14.4 Å². The van der Waals surface area contributed by atoms with E-state index in [-0.39, 0.29) is 24.1 Å². The number of nitrogens with zero attached hydrogens (tertiary/aromatic N) is 1. The van der Waals surface area contributed by atoms with E-state index in [0.29, 0.717) is 22.7 Å². The van der Waals surface area contributed by atoms with E-state index in [2.05, 4.69) is 28.1 Å². The number of carbonyl (C=O) groups is 3. The summed E-state index contributed by atoms with van der Waals surface area (Å²) in [6, 6.07) is 19.4. The van der Waals surface area contributed by atoms with Gasteiger partial charge in [0.05, 0.1) is 18.3 Å². The van der Waals surface area contributed by atoms with Crippen molar-refractivity contribution in [3.8, 4) is 11.5 Å². The molecule has 0 saturated carbocycles. The second kappa shape index (κ2) is 13.6. The normalized spacial score (nSPS) is 10.6. The van der Waals surface area contributed by atoms with Gasteiger partial charge in [0.15, 0.2) is 6.61 Å². The average molecular weight is 523 g/mol. The van der Waals surface area contributed by atoms with Crippen molar-refractivity contribution in [2.45, 2.75) is 19.9 Å². The van der Waals surface area contributed by atoms with Gasteiger partial charge >= 0.3 is 11.8 Å². The molecule has 0 unspecified atom stereocenters. The number of nitrogens with one attached hydrogen (secondary N) is 3. The maximum atomic E-state index is 12.2. The largest absolute Gasteiger partial charge is 0.497 e. The van der Waals surface area contributed by atoms with Crippen LogP contribution in [0.15, 0.2) is 71.8 Å². The van der Waals surface area contributed by atoms with Crippen LogP contribution in [0.4, 0.5) is 5.69 Å². The third kappa shape index (κ3) is 8.66. The first-order valence-corrected chi connectivity index (χ1v) is 11.8. The SMILES string of the molecule is CCc1ccc(NC(=O)COc2ccc(/C=N\NC(=O)C(=O)NCc3ccc(OC)cc3)cc2Cl)cc1. The molecule has 3 aromatic rings. The van der Waals surface area contributed by atoms with Crippen molar-refractivity contribution in [2.75, 3.05) is 19.0 Å². The number of hydrogen-bond acceptors (Lipinski definition) is 6. The van der Waals surface area contributed by atoms with Crippen molar-refractivity contribution in [3.05, 3.63) is 88.4 Å². The smallest absolute Gasteiger partial charge is 0.329 e. The zero-order valence-corrected chi connectivity index (χ0v) is 21.2. The Labute approximate surface area is 219 Å². The number of aryl methyl sites for hydroxylation is 1. The molecule has 0 atom stereocenters. The number of amides is 3. The van der Waals surface area contributed by atoms with Gasteiger partial charge in [0.2, 0.25) is 0 Å². The summed E-state index contributed by atoms with van der Waals surface area (Å²) in [6.45, 7) is 2.02. The maximum Gasteiger partial charge on any atom is 0.329 e. The highest BCUT2D eigenvalue weighted by atomic mass is 35.5. The first-order valence-electron chi connectivity index (χ1n) is 11.4. The minimum Gasteiger partial charge on any atom is -0.497 e. The molecule has 0 radical (unpaired) electrons. The van der Waals surface area contributed by atoms with Crippen LogP contribution >= 0.6 is 11.6 Å². The second-order valence-electron chi connectivity index (χ2n) is 7.81. The minimum absolute atomic E-state index is 0.181. The Morgan fingerprint density at radius 1 is 0.946 bits per heavy atom. The molecular formula is C27H27ClN4O5. The van der Waals surface area contributed by atoms with Crippen LogP contribution in [0.25, 0.3) is 0 Å². The lowest BCUT2D eigenvalue weighted by Crippen LogP contribution is -2.37. The summed E-state index contributed by atoms with van der Waals surface area (Å²) in [5, 5.41) is 9.30. The Bertz CT molecular complexity index is 1260. The van der Waals surface area contributed by atoms with Gasteiger partial charge in [-0.15, -0.1) is 0 Å². The Kier molecular flexibility index (Phi) is 10.0. The van der Waals surface area contributed by atoms with Crippen molar-refractivity contribution in [1.82, 2.24) is 10.7 Å². The summed E-state index contributed by atoms with van der Waals surface area (Å²) in [7, 11) is 1.56. The molecule has 3 amide bonds. The van der Waals surface area contributed by atoms with Crippen LogP contribution in [-0.2, 0) is 27.3 Å². The maximum absolute atomic E-state index is 12.2. The summed E-state index contributed by atoms with van der Waals surface area (Å²) < 4.78 is 10.6. The zero-order valence-electron chi connectivity index (χ0n) is 20.4. The van der Waals surface area contributed by atoms with Gasteiger partial charge < -0.3 is 20.1 Å². The van der Waals surface area contributed by atoms with E-state index in [4.69, 9.17) is 21.1 Å². The number of carbonyl (C=O) groups excluding carboxylic acids is 3. The lowest BCUT2D eigenvalue weighted by molar-refractivity contribution is -0.139. The highest BCUT2D eigenvalue weighted by Gasteiger charge is 2.12. The lowest BCUT2D eigenvalue weighted by Gasteiger charge is -2.09. The molecule has 3 rings (SSSR count). The molecule has 192 valence electrons. The van der Waals surface area contributed by atoms with E-state index in [1.54, 1.807) is 49.6 Å². The third-order valence-corrected chi connectivity index (χ3v) is 5.45. The van der Waals surface area contributed by atoms with Crippen LogP contribution in [0, 0.1) is 0 Å². The summed E-state index contributed by atoms with van der Waals surface area (Å²) >= 11 is 6.24. The zero-order chi connectivity index (χ0) is 26.6. The predicted molar refractivity (Wildman–Crippen MR) is 142 cm³/mol. The number of anilines is 1. The number of methoxy groups -OCH3 is 1. The molecule has 0 aliphatic heterocycles. The second-order valence-corrected chi connectivity index (χ2v) is 8.21. The van der Waals surface area contributed by atoms with Crippen molar-refractivity contribution in [3.63, 3.8) is 0 Å². The number of rotatable bonds is 10. The fourth-order valence-electron chi connectivity index (χ4n) is 3.10. The number of hydrazone groups is 1. The topological polar surface area (TPSA) is 118 Å². The van der Waals surface area contributed by atoms with Gasteiger partial charge in [-0.1, -0.05) is 42.8 Å². The molecule has 0 bridgehead atoms. The number of hydrogen-bond donors (Lipinski definition) is 3. The van der Waals surface area contributed by atoms with Gasteiger partial charge in [0.25, 0.3) is 5.91 Å². The molecule has 0 heterocycles. The molecule has 0 aliphatic carbocycles. The Hall–Kier alpha value is -4.37. The van der Waals surface area contributed by atoms with E-state index >= 15 is 0 Å². The van der Waals surface area contributed by atoms with E-state index in [0.717, 1.165) is 12.0 Å². The van der Waals surface area contributed by atoms with Crippen LogP contribution in [0.5, 0.6) is 11.5 Å². The summed E-state index contributed by atoms with van der Waals surface area (Å²) in [5.74, 6) is -1.04. The Morgan fingerprint density at radius 3 is 2.30 bits per heavy atom. The molecule has 0 spiro atoms. The fraction of sp³-hybridized carbons (Fsp3) is 0.185. The first kappa shape index (κ1) is 27.2. The highest BCUT2D eigenvalue weighted by molar-refractivity contribution is 6.35. The molecule has 9 nitrogen and oxygen atoms in total. The third-order valence-electron chi connectivity index (χ3n) is 5.16.